The third kappa shape index (κ3) is 3.64. The molecule has 0 aliphatic rings. The minimum Gasteiger partial charge on any atom is -0.455 e. The van der Waals surface area contributed by atoms with E-state index in [2.05, 4.69) is 9.97 Å². The van der Waals surface area contributed by atoms with E-state index in [4.69, 9.17) is 13.6 Å². The van der Waals surface area contributed by atoms with E-state index in [9.17, 15) is 4.79 Å². The Labute approximate surface area is 155 Å². The van der Waals surface area contributed by atoms with Crippen LogP contribution in [0.5, 0.6) is 0 Å². The largest absolute Gasteiger partial charge is 0.455 e. The van der Waals surface area contributed by atoms with E-state index in [0.29, 0.717) is 28.7 Å². The molecule has 4 rings (SSSR count). The number of esters is 1. The highest BCUT2D eigenvalue weighted by Gasteiger charge is 2.14. The summed E-state index contributed by atoms with van der Waals surface area (Å²) in [4.78, 5) is 20.6. The maximum absolute atomic E-state index is 12.3. The van der Waals surface area contributed by atoms with E-state index in [1.807, 2.05) is 30.3 Å². The molecule has 0 saturated carbocycles. The molecule has 0 aliphatic carbocycles. The van der Waals surface area contributed by atoms with Crippen molar-refractivity contribution in [2.24, 2.45) is 0 Å². The molecule has 2 heterocycles. The van der Waals surface area contributed by atoms with Crippen molar-refractivity contribution in [3.63, 3.8) is 0 Å². The highest BCUT2D eigenvalue weighted by molar-refractivity contribution is 5.89. The van der Waals surface area contributed by atoms with Crippen molar-refractivity contribution in [1.82, 2.24) is 9.97 Å². The van der Waals surface area contributed by atoms with E-state index >= 15 is 0 Å². The van der Waals surface area contributed by atoms with Gasteiger partial charge in [0.05, 0.1) is 11.8 Å². The lowest BCUT2D eigenvalue weighted by Gasteiger charge is -2.04. The van der Waals surface area contributed by atoms with Crippen LogP contribution in [0.3, 0.4) is 0 Å². The van der Waals surface area contributed by atoms with Crippen LogP contribution in [0.2, 0.25) is 0 Å². The van der Waals surface area contributed by atoms with Crippen molar-refractivity contribution in [2.45, 2.75) is 13.5 Å². The van der Waals surface area contributed by atoms with E-state index in [1.54, 1.807) is 37.4 Å². The molecule has 27 heavy (non-hydrogen) atoms. The number of carbonyl (C=O) groups excluding carboxylic acids is 1. The van der Waals surface area contributed by atoms with Gasteiger partial charge in [0.15, 0.2) is 12.2 Å². The van der Waals surface area contributed by atoms with Gasteiger partial charge in [0.1, 0.15) is 18.1 Å². The molecule has 0 amide bonds. The highest BCUT2D eigenvalue weighted by Crippen LogP contribution is 2.22. The predicted octanol–water partition coefficient (Wildman–Crippen LogP) is 4.66. The first-order chi connectivity index (χ1) is 13.2. The van der Waals surface area contributed by atoms with Gasteiger partial charge in [-0.05, 0) is 31.2 Å². The maximum Gasteiger partial charge on any atom is 0.338 e. The zero-order chi connectivity index (χ0) is 18.6. The second-order valence-electron chi connectivity index (χ2n) is 5.91. The van der Waals surface area contributed by atoms with Gasteiger partial charge in [0, 0.05) is 11.1 Å². The molecule has 0 fully saturated rings. The van der Waals surface area contributed by atoms with Crippen LogP contribution < -0.4 is 0 Å². The molecule has 6 nitrogen and oxygen atoms in total. The van der Waals surface area contributed by atoms with Crippen LogP contribution in [0.25, 0.3) is 22.8 Å². The highest BCUT2D eigenvalue weighted by atomic mass is 16.5. The Balaban J connectivity index is 1.43. The molecule has 0 spiro atoms. The molecule has 2 aromatic carbocycles. The minimum absolute atomic E-state index is 0.0465. The zero-order valence-corrected chi connectivity index (χ0v) is 14.6. The fourth-order valence-electron chi connectivity index (χ4n) is 2.61. The summed E-state index contributed by atoms with van der Waals surface area (Å²) < 4.78 is 16.3. The Hall–Kier alpha value is -3.67. The minimum atomic E-state index is -0.428. The Morgan fingerprint density at radius 1 is 1.04 bits per heavy atom. The number of rotatable bonds is 5. The zero-order valence-electron chi connectivity index (χ0n) is 14.6. The van der Waals surface area contributed by atoms with Crippen LogP contribution in [0.4, 0.5) is 0 Å². The lowest BCUT2D eigenvalue weighted by Crippen LogP contribution is -2.06. The molecule has 2 aromatic heterocycles. The van der Waals surface area contributed by atoms with Crippen LogP contribution >= 0.6 is 0 Å². The Morgan fingerprint density at radius 3 is 2.52 bits per heavy atom. The molecule has 0 aliphatic heterocycles. The molecule has 6 heteroatoms. The number of nitrogens with zero attached hydrogens (tertiary/aromatic N) is 2. The number of carbonyl (C=O) groups is 1. The monoisotopic (exact) mass is 360 g/mol. The second kappa shape index (κ2) is 7.29. The Kier molecular flexibility index (Phi) is 4.53. The number of aromatic nitrogens is 2. The number of aryl methyl sites for hydroxylation is 1. The summed E-state index contributed by atoms with van der Waals surface area (Å²) in [7, 11) is 0. The van der Waals surface area contributed by atoms with Crippen molar-refractivity contribution < 1.29 is 18.4 Å². The normalized spacial score (nSPS) is 10.7. The first kappa shape index (κ1) is 16.8. The molecule has 0 bridgehead atoms. The fourth-order valence-corrected chi connectivity index (χ4v) is 2.61. The third-order valence-electron chi connectivity index (χ3n) is 4.09. The van der Waals surface area contributed by atoms with Crippen LogP contribution in [-0.2, 0) is 11.3 Å². The number of benzene rings is 2. The molecular weight excluding hydrogens is 344 g/mol. The molecule has 0 radical (unpaired) electrons. The van der Waals surface area contributed by atoms with E-state index in [1.165, 1.54) is 6.39 Å². The van der Waals surface area contributed by atoms with Crippen molar-refractivity contribution >= 4 is 5.97 Å². The summed E-state index contributed by atoms with van der Waals surface area (Å²) in [6, 6.07) is 16.5. The van der Waals surface area contributed by atoms with Crippen molar-refractivity contribution in [1.29, 1.82) is 0 Å². The average molecular weight is 360 g/mol. The fraction of sp³-hybridized carbons (Fsp3) is 0.0952. The number of ether oxygens (including phenoxy) is 1. The van der Waals surface area contributed by atoms with E-state index in [0.717, 1.165) is 11.1 Å². The SMILES string of the molecule is Cc1oc(-c2ccccc2)nc1COC(=O)c1ccc(-c2cnco2)cc1. The summed E-state index contributed by atoms with van der Waals surface area (Å²) in [5.41, 5.74) is 2.76. The van der Waals surface area contributed by atoms with Crippen molar-refractivity contribution in [2.75, 3.05) is 0 Å². The van der Waals surface area contributed by atoms with Gasteiger partial charge in [-0.25, -0.2) is 14.8 Å². The van der Waals surface area contributed by atoms with E-state index in [-0.39, 0.29) is 6.61 Å². The van der Waals surface area contributed by atoms with E-state index < -0.39 is 5.97 Å². The van der Waals surface area contributed by atoms with Crippen LogP contribution in [-0.4, -0.2) is 15.9 Å². The summed E-state index contributed by atoms with van der Waals surface area (Å²) in [5, 5.41) is 0. The number of hydrogen-bond donors (Lipinski definition) is 0. The Morgan fingerprint density at radius 2 is 1.81 bits per heavy atom. The summed E-state index contributed by atoms with van der Waals surface area (Å²) >= 11 is 0. The second-order valence-corrected chi connectivity index (χ2v) is 5.91. The predicted molar refractivity (Wildman–Crippen MR) is 97.7 cm³/mol. The lowest BCUT2D eigenvalue weighted by atomic mass is 10.1. The molecule has 4 aromatic rings. The van der Waals surface area contributed by atoms with Crippen LogP contribution in [0, 0.1) is 6.92 Å². The van der Waals surface area contributed by atoms with Gasteiger partial charge in [-0.3, -0.25) is 0 Å². The van der Waals surface area contributed by atoms with Gasteiger partial charge in [-0.15, -0.1) is 0 Å². The topological polar surface area (TPSA) is 78.4 Å². The lowest BCUT2D eigenvalue weighted by molar-refractivity contribution is 0.0467. The van der Waals surface area contributed by atoms with Gasteiger partial charge in [-0.2, -0.15) is 0 Å². The quantitative estimate of drug-likeness (QED) is 0.482. The van der Waals surface area contributed by atoms with Crippen molar-refractivity contribution in [3.05, 3.63) is 84.2 Å². The molecule has 0 unspecified atom stereocenters. The van der Waals surface area contributed by atoms with Gasteiger partial charge in [0.2, 0.25) is 5.89 Å². The maximum atomic E-state index is 12.3. The van der Waals surface area contributed by atoms with Crippen LogP contribution in [0.1, 0.15) is 21.8 Å². The van der Waals surface area contributed by atoms with Crippen LogP contribution in [0.15, 0.2) is 76.0 Å². The third-order valence-corrected chi connectivity index (χ3v) is 4.09. The first-order valence-electron chi connectivity index (χ1n) is 8.38. The standard InChI is InChI=1S/C21H16N2O4/c1-14-18(23-20(27-14)16-5-3-2-4-6-16)12-25-21(24)17-9-7-15(8-10-17)19-11-22-13-26-19/h2-11,13H,12H2,1H3. The molecule has 0 N–H and O–H groups in total. The molecule has 0 atom stereocenters. The number of hydrogen-bond acceptors (Lipinski definition) is 6. The van der Waals surface area contributed by atoms with Gasteiger partial charge >= 0.3 is 5.97 Å². The van der Waals surface area contributed by atoms with Gasteiger partial charge < -0.3 is 13.6 Å². The molecule has 0 saturated heterocycles. The van der Waals surface area contributed by atoms with Crippen molar-refractivity contribution in [3.8, 4) is 22.8 Å². The van der Waals surface area contributed by atoms with Gasteiger partial charge in [-0.1, -0.05) is 30.3 Å². The molecule has 134 valence electrons. The first-order valence-corrected chi connectivity index (χ1v) is 8.38. The smallest absolute Gasteiger partial charge is 0.338 e. The average Bonchev–Trinajstić information content (AvgIpc) is 3.37. The Bertz CT molecular complexity index is 1040. The van der Waals surface area contributed by atoms with Gasteiger partial charge in [0.25, 0.3) is 0 Å². The molecular formula is C21H16N2O4. The number of oxazole rings is 2. The summed E-state index contributed by atoms with van der Waals surface area (Å²) in [5.74, 6) is 1.35. The summed E-state index contributed by atoms with van der Waals surface area (Å²) in [6.45, 7) is 1.85. The summed E-state index contributed by atoms with van der Waals surface area (Å²) in [6.07, 6.45) is 2.98.